The number of methoxy groups -OCH3 is 1. The largest absolute Gasteiger partial charge is 0.494 e. The molecule has 2 N–H and O–H groups in total. The summed E-state index contributed by atoms with van der Waals surface area (Å²) in [6, 6.07) is 6.83. The maximum absolute atomic E-state index is 13.7. The Labute approximate surface area is 152 Å². The Hall–Kier alpha value is -3.10. The maximum Gasteiger partial charge on any atom is 0.418 e. The molecule has 0 aliphatic heterocycles. The number of alkyl halides is 3. The number of amides is 2. The van der Waals surface area contributed by atoms with E-state index in [-0.39, 0.29) is 23.4 Å². The predicted octanol–water partition coefficient (Wildman–Crippen LogP) is 3.99. The molecule has 0 aromatic heterocycles. The summed E-state index contributed by atoms with van der Waals surface area (Å²) in [6.07, 6.45) is -5.07. The van der Waals surface area contributed by atoms with Crippen LogP contribution >= 0.6 is 0 Å². The average Bonchev–Trinajstić information content (AvgIpc) is 2.55. The lowest BCUT2D eigenvalue weighted by Crippen LogP contribution is -2.19. The second kappa shape index (κ2) is 8.07. The van der Waals surface area contributed by atoms with Gasteiger partial charge in [-0.25, -0.2) is 4.39 Å². The van der Waals surface area contributed by atoms with Crippen LogP contribution in [0.5, 0.6) is 5.75 Å². The number of anilines is 2. The summed E-state index contributed by atoms with van der Waals surface area (Å²) in [5, 5.41) is 4.42. The lowest BCUT2D eigenvalue weighted by Gasteiger charge is -2.15. The van der Waals surface area contributed by atoms with Crippen LogP contribution in [0.25, 0.3) is 0 Å². The van der Waals surface area contributed by atoms with Crippen molar-refractivity contribution in [3.63, 3.8) is 0 Å². The normalized spacial score (nSPS) is 11.0. The van der Waals surface area contributed by atoms with Crippen molar-refractivity contribution in [2.45, 2.75) is 19.5 Å². The Balaban J connectivity index is 2.21. The Morgan fingerprint density at radius 2 is 1.78 bits per heavy atom. The minimum Gasteiger partial charge on any atom is -0.494 e. The molecular weight excluding hydrogens is 368 g/mol. The third kappa shape index (κ3) is 5.44. The monoisotopic (exact) mass is 384 g/mol. The second-order valence-corrected chi connectivity index (χ2v) is 5.63. The van der Waals surface area contributed by atoms with Gasteiger partial charge in [0.1, 0.15) is 0 Å². The van der Waals surface area contributed by atoms with E-state index < -0.39 is 35.1 Å². The SMILES string of the molecule is COc1ccc(CC(=O)Nc2ccc(NC(C)=O)cc2C(F)(F)F)cc1F. The van der Waals surface area contributed by atoms with Crippen molar-refractivity contribution < 1.29 is 31.9 Å². The molecule has 2 aromatic carbocycles. The molecule has 0 unspecified atom stereocenters. The van der Waals surface area contributed by atoms with Crippen LogP contribution in [0, 0.1) is 5.82 Å². The molecule has 27 heavy (non-hydrogen) atoms. The van der Waals surface area contributed by atoms with Crippen LogP contribution in [-0.4, -0.2) is 18.9 Å². The molecule has 0 bridgehead atoms. The van der Waals surface area contributed by atoms with E-state index in [2.05, 4.69) is 10.6 Å². The molecule has 0 atom stereocenters. The van der Waals surface area contributed by atoms with Gasteiger partial charge in [0.2, 0.25) is 11.8 Å². The zero-order valence-corrected chi connectivity index (χ0v) is 14.4. The molecule has 2 rings (SSSR count). The Morgan fingerprint density at radius 1 is 1.07 bits per heavy atom. The van der Waals surface area contributed by atoms with Gasteiger partial charge >= 0.3 is 6.18 Å². The predicted molar refractivity (Wildman–Crippen MR) is 91.0 cm³/mol. The summed E-state index contributed by atoms with van der Waals surface area (Å²) >= 11 is 0. The van der Waals surface area contributed by atoms with E-state index in [1.54, 1.807) is 0 Å². The van der Waals surface area contributed by atoms with Crippen LogP contribution in [0.1, 0.15) is 18.1 Å². The quantitative estimate of drug-likeness (QED) is 0.766. The molecule has 0 spiro atoms. The molecule has 0 aliphatic carbocycles. The highest BCUT2D eigenvalue weighted by Gasteiger charge is 2.34. The second-order valence-electron chi connectivity index (χ2n) is 5.63. The summed E-state index contributed by atoms with van der Waals surface area (Å²) in [7, 11) is 1.29. The van der Waals surface area contributed by atoms with Crippen molar-refractivity contribution in [3.8, 4) is 5.75 Å². The zero-order valence-electron chi connectivity index (χ0n) is 14.4. The highest BCUT2D eigenvalue weighted by atomic mass is 19.4. The lowest BCUT2D eigenvalue weighted by atomic mass is 10.1. The highest BCUT2D eigenvalue weighted by Crippen LogP contribution is 2.36. The average molecular weight is 384 g/mol. The van der Waals surface area contributed by atoms with E-state index in [0.717, 1.165) is 25.1 Å². The van der Waals surface area contributed by atoms with Gasteiger partial charge in [-0.05, 0) is 35.9 Å². The molecule has 0 aliphatic rings. The van der Waals surface area contributed by atoms with Gasteiger partial charge < -0.3 is 15.4 Å². The van der Waals surface area contributed by atoms with Crippen molar-refractivity contribution in [2.75, 3.05) is 17.7 Å². The number of benzene rings is 2. The summed E-state index contributed by atoms with van der Waals surface area (Å²) in [4.78, 5) is 23.1. The van der Waals surface area contributed by atoms with Gasteiger partial charge in [-0.1, -0.05) is 6.07 Å². The van der Waals surface area contributed by atoms with Crippen molar-refractivity contribution in [1.29, 1.82) is 0 Å². The Morgan fingerprint density at radius 3 is 2.33 bits per heavy atom. The van der Waals surface area contributed by atoms with E-state index >= 15 is 0 Å². The van der Waals surface area contributed by atoms with Gasteiger partial charge in [0.15, 0.2) is 11.6 Å². The summed E-state index contributed by atoms with van der Waals surface area (Å²) in [5.74, 6) is -1.97. The molecule has 0 radical (unpaired) electrons. The number of ether oxygens (including phenoxy) is 1. The van der Waals surface area contributed by atoms with E-state index in [0.29, 0.717) is 0 Å². The number of hydrogen-bond acceptors (Lipinski definition) is 3. The molecule has 0 fully saturated rings. The van der Waals surface area contributed by atoms with Crippen LogP contribution in [0.2, 0.25) is 0 Å². The Bertz CT molecular complexity index is 866. The third-order valence-corrected chi connectivity index (χ3v) is 3.50. The Kier molecular flexibility index (Phi) is 6.04. The van der Waals surface area contributed by atoms with Crippen molar-refractivity contribution in [3.05, 3.63) is 53.3 Å². The number of hydrogen-bond donors (Lipinski definition) is 2. The lowest BCUT2D eigenvalue weighted by molar-refractivity contribution is -0.137. The number of halogens is 4. The molecule has 2 amide bonds. The number of nitrogens with one attached hydrogen (secondary N) is 2. The van der Waals surface area contributed by atoms with E-state index in [4.69, 9.17) is 4.74 Å². The van der Waals surface area contributed by atoms with Crippen LogP contribution in [0.15, 0.2) is 36.4 Å². The first-order valence-electron chi connectivity index (χ1n) is 7.71. The molecule has 5 nitrogen and oxygen atoms in total. The van der Waals surface area contributed by atoms with E-state index in [1.807, 2.05) is 0 Å². The maximum atomic E-state index is 13.7. The van der Waals surface area contributed by atoms with Crippen molar-refractivity contribution in [2.24, 2.45) is 0 Å². The van der Waals surface area contributed by atoms with Crippen LogP contribution in [0.4, 0.5) is 28.9 Å². The molecule has 144 valence electrons. The van der Waals surface area contributed by atoms with E-state index in [1.165, 1.54) is 25.3 Å². The van der Waals surface area contributed by atoms with Gasteiger partial charge in [0, 0.05) is 12.6 Å². The third-order valence-electron chi connectivity index (χ3n) is 3.50. The van der Waals surface area contributed by atoms with Crippen LogP contribution in [-0.2, 0) is 22.2 Å². The van der Waals surface area contributed by atoms with Gasteiger partial charge in [-0.2, -0.15) is 13.2 Å². The van der Waals surface area contributed by atoms with Crippen molar-refractivity contribution in [1.82, 2.24) is 0 Å². The van der Waals surface area contributed by atoms with Crippen LogP contribution in [0.3, 0.4) is 0 Å². The smallest absolute Gasteiger partial charge is 0.418 e. The minimum atomic E-state index is -4.75. The molecule has 0 saturated heterocycles. The number of rotatable bonds is 5. The van der Waals surface area contributed by atoms with Gasteiger partial charge in [0.05, 0.1) is 24.8 Å². The first kappa shape index (κ1) is 20.2. The first-order valence-corrected chi connectivity index (χ1v) is 7.71. The molecular formula is C18H16F4N2O3. The number of carbonyl (C=O) groups is 2. The zero-order chi connectivity index (χ0) is 20.2. The summed E-state index contributed by atoms with van der Waals surface area (Å²) < 4.78 is 58.2. The topological polar surface area (TPSA) is 67.4 Å². The fraction of sp³-hybridized carbons (Fsp3) is 0.222. The molecule has 0 heterocycles. The van der Waals surface area contributed by atoms with Crippen molar-refractivity contribution >= 4 is 23.2 Å². The van der Waals surface area contributed by atoms with E-state index in [9.17, 15) is 27.2 Å². The fourth-order valence-corrected chi connectivity index (χ4v) is 2.37. The fourth-order valence-electron chi connectivity index (χ4n) is 2.37. The summed E-state index contributed by atoms with van der Waals surface area (Å²) in [6.45, 7) is 1.16. The van der Waals surface area contributed by atoms with Crippen LogP contribution < -0.4 is 15.4 Å². The van der Waals surface area contributed by atoms with Gasteiger partial charge in [-0.15, -0.1) is 0 Å². The molecule has 2 aromatic rings. The standard InChI is InChI=1S/C18H16F4N2O3/c1-10(25)23-12-4-5-15(13(9-12)18(20,21)22)24-17(26)8-11-3-6-16(27-2)14(19)7-11/h3-7,9H,8H2,1-2H3,(H,23,25)(H,24,26). The summed E-state index contributed by atoms with van der Waals surface area (Å²) in [5.41, 5.74) is -1.35. The molecule has 0 saturated carbocycles. The molecule has 9 heteroatoms. The highest BCUT2D eigenvalue weighted by molar-refractivity contribution is 5.94. The number of carbonyl (C=O) groups excluding carboxylic acids is 2. The minimum absolute atomic E-state index is 0.00734. The van der Waals surface area contributed by atoms with Gasteiger partial charge in [0.25, 0.3) is 0 Å². The van der Waals surface area contributed by atoms with Gasteiger partial charge in [-0.3, -0.25) is 9.59 Å². The first-order chi connectivity index (χ1) is 12.6.